The van der Waals surface area contributed by atoms with Gasteiger partial charge in [0, 0.05) is 16.7 Å². The Morgan fingerprint density at radius 3 is 2.84 bits per heavy atom. The maximum atomic E-state index is 5.69. The first kappa shape index (κ1) is 16.4. The molecule has 0 radical (unpaired) electrons. The predicted octanol–water partition coefficient (Wildman–Crippen LogP) is 3.64. The van der Waals surface area contributed by atoms with Crippen LogP contribution in [0.25, 0.3) is 10.9 Å². The highest BCUT2D eigenvalue weighted by molar-refractivity contribution is 7.11. The van der Waals surface area contributed by atoms with Crippen LogP contribution in [0.15, 0.2) is 24.3 Å². The average Bonchev–Trinajstić information content (AvgIpc) is 3.06. The van der Waals surface area contributed by atoms with Crippen molar-refractivity contribution < 1.29 is 0 Å². The zero-order valence-electron chi connectivity index (χ0n) is 14.5. The van der Waals surface area contributed by atoms with E-state index in [-0.39, 0.29) is 6.04 Å². The molecule has 130 valence electrons. The predicted molar refractivity (Wildman–Crippen MR) is 103 cm³/mol. The summed E-state index contributed by atoms with van der Waals surface area (Å²) in [7, 11) is 0. The Balaban J connectivity index is 1.66. The number of aryl methyl sites for hydroxylation is 2. The molecule has 0 spiro atoms. The number of benzene rings is 1. The molecule has 1 aliphatic carbocycles. The lowest BCUT2D eigenvalue weighted by molar-refractivity contribution is 0.678. The highest BCUT2D eigenvalue weighted by Gasteiger charge is 2.19. The van der Waals surface area contributed by atoms with Gasteiger partial charge in [-0.1, -0.05) is 12.1 Å². The lowest BCUT2D eigenvalue weighted by atomic mass is 10.0. The van der Waals surface area contributed by atoms with Gasteiger partial charge in [-0.2, -0.15) is 0 Å². The van der Waals surface area contributed by atoms with Crippen molar-refractivity contribution in [2.45, 2.75) is 45.1 Å². The molecule has 2 aromatic heterocycles. The molecule has 2 heterocycles. The number of fused-ring (bicyclic) bond motifs is 2. The van der Waals surface area contributed by atoms with Crippen LogP contribution in [0.1, 0.15) is 47.2 Å². The lowest BCUT2D eigenvalue weighted by Gasteiger charge is -2.15. The lowest BCUT2D eigenvalue weighted by Crippen LogP contribution is -2.12. The summed E-state index contributed by atoms with van der Waals surface area (Å²) in [4.78, 5) is 15.7. The fourth-order valence-corrected chi connectivity index (χ4v) is 4.46. The highest BCUT2D eigenvalue weighted by atomic mass is 32.1. The number of nitrogens with two attached hydrogens (primary N) is 1. The van der Waals surface area contributed by atoms with Crippen molar-refractivity contribution >= 4 is 28.1 Å². The Hall–Kier alpha value is -2.05. The summed E-state index contributed by atoms with van der Waals surface area (Å²) in [6.45, 7) is 2.70. The molecule has 0 saturated heterocycles. The molecule has 1 unspecified atom stereocenters. The van der Waals surface area contributed by atoms with Crippen molar-refractivity contribution in [1.29, 1.82) is 0 Å². The van der Waals surface area contributed by atoms with Gasteiger partial charge in [-0.05, 0) is 51.3 Å². The van der Waals surface area contributed by atoms with Crippen LogP contribution in [0.3, 0.4) is 0 Å². The van der Waals surface area contributed by atoms with Crippen LogP contribution in [0.5, 0.6) is 0 Å². The van der Waals surface area contributed by atoms with E-state index in [2.05, 4.69) is 23.3 Å². The Kier molecular flexibility index (Phi) is 4.63. The molecular formula is C19H23N5S. The number of nitrogens with one attached hydrogen (secondary N) is 1. The van der Waals surface area contributed by atoms with E-state index in [1.54, 1.807) is 0 Å². The molecule has 25 heavy (non-hydrogen) atoms. The highest BCUT2D eigenvalue weighted by Crippen LogP contribution is 2.32. The number of anilines is 1. The summed E-state index contributed by atoms with van der Waals surface area (Å²) in [5.41, 5.74) is 7.95. The smallest absolute Gasteiger partial charge is 0.138 e. The van der Waals surface area contributed by atoms with Crippen molar-refractivity contribution in [3.05, 3.63) is 45.7 Å². The van der Waals surface area contributed by atoms with Gasteiger partial charge < -0.3 is 11.1 Å². The third kappa shape index (κ3) is 3.37. The minimum Gasteiger partial charge on any atom is -0.360 e. The first-order chi connectivity index (χ1) is 12.2. The molecule has 3 N–H and O–H groups in total. The molecular weight excluding hydrogens is 330 g/mol. The molecule has 1 aromatic carbocycles. The summed E-state index contributed by atoms with van der Waals surface area (Å²) in [6.07, 6.45) is 5.53. The topological polar surface area (TPSA) is 76.7 Å². The van der Waals surface area contributed by atoms with Crippen LogP contribution in [0.4, 0.5) is 5.82 Å². The Morgan fingerprint density at radius 1 is 1.16 bits per heavy atom. The van der Waals surface area contributed by atoms with E-state index in [1.165, 1.54) is 29.8 Å². The largest absolute Gasteiger partial charge is 0.360 e. The van der Waals surface area contributed by atoms with E-state index in [9.17, 15) is 0 Å². The molecule has 0 bridgehead atoms. The van der Waals surface area contributed by atoms with Crippen LogP contribution >= 0.6 is 11.3 Å². The number of hydrogen-bond acceptors (Lipinski definition) is 6. The molecule has 0 fully saturated rings. The molecule has 1 atom stereocenters. The second-order valence-corrected chi connectivity index (χ2v) is 7.65. The molecule has 0 amide bonds. The minimum absolute atomic E-state index is 0.125. The van der Waals surface area contributed by atoms with E-state index >= 15 is 0 Å². The van der Waals surface area contributed by atoms with Gasteiger partial charge in [0.1, 0.15) is 16.6 Å². The molecule has 0 saturated carbocycles. The van der Waals surface area contributed by atoms with Gasteiger partial charge in [0.05, 0.1) is 17.3 Å². The van der Waals surface area contributed by atoms with E-state index in [0.29, 0.717) is 13.0 Å². The van der Waals surface area contributed by atoms with Crippen molar-refractivity contribution in [2.75, 3.05) is 11.9 Å². The van der Waals surface area contributed by atoms with Crippen LogP contribution < -0.4 is 11.1 Å². The number of hydrogen-bond donors (Lipinski definition) is 2. The van der Waals surface area contributed by atoms with E-state index in [1.807, 2.05) is 29.5 Å². The van der Waals surface area contributed by atoms with Gasteiger partial charge in [-0.3, -0.25) is 0 Å². The maximum absolute atomic E-state index is 5.69. The van der Waals surface area contributed by atoms with Crippen LogP contribution in [0.2, 0.25) is 0 Å². The summed E-state index contributed by atoms with van der Waals surface area (Å²) in [6, 6.07) is 8.23. The number of aromatic nitrogens is 3. The number of para-hydroxylation sites is 1. The van der Waals surface area contributed by atoms with E-state index in [4.69, 9.17) is 15.7 Å². The number of thiazole rings is 1. The van der Waals surface area contributed by atoms with Gasteiger partial charge in [-0.15, -0.1) is 11.3 Å². The first-order valence-electron chi connectivity index (χ1n) is 8.95. The molecule has 6 heteroatoms. The van der Waals surface area contributed by atoms with E-state index in [0.717, 1.165) is 34.0 Å². The van der Waals surface area contributed by atoms with Gasteiger partial charge in [0.25, 0.3) is 0 Å². The van der Waals surface area contributed by atoms with Crippen molar-refractivity contribution in [3.63, 3.8) is 0 Å². The summed E-state index contributed by atoms with van der Waals surface area (Å²) < 4.78 is 0. The second-order valence-electron chi connectivity index (χ2n) is 6.54. The van der Waals surface area contributed by atoms with Gasteiger partial charge >= 0.3 is 0 Å². The zero-order chi connectivity index (χ0) is 17.2. The molecule has 1 aliphatic rings. The molecule has 3 aromatic rings. The van der Waals surface area contributed by atoms with Crippen LogP contribution in [0, 0.1) is 0 Å². The maximum Gasteiger partial charge on any atom is 0.138 e. The van der Waals surface area contributed by atoms with E-state index < -0.39 is 0 Å². The fraction of sp³-hybridized carbons (Fsp3) is 0.421. The number of nitrogens with zero attached hydrogens (tertiary/aromatic N) is 3. The Bertz CT molecular complexity index is 865. The first-order valence-corrected chi connectivity index (χ1v) is 9.77. The summed E-state index contributed by atoms with van der Waals surface area (Å²) in [5, 5.41) is 5.75. The quantitative estimate of drug-likeness (QED) is 0.732. The third-order valence-electron chi connectivity index (χ3n) is 4.60. The molecule has 0 aliphatic heterocycles. The van der Waals surface area contributed by atoms with Gasteiger partial charge in [0.15, 0.2) is 0 Å². The van der Waals surface area contributed by atoms with Gasteiger partial charge in [0.2, 0.25) is 0 Å². The van der Waals surface area contributed by atoms with Crippen molar-refractivity contribution in [2.24, 2.45) is 5.73 Å². The zero-order valence-corrected chi connectivity index (χ0v) is 15.3. The minimum atomic E-state index is 0.125. The SMILES string of the molecule is CC(Nc1nc(CCN)nc2ccccc12)c1nc2c(s1)CCCC2. The van der Waals surface area contributed by atoms with Crippen LogP contribution in [-0.2, 0) is 19.3 Å². The fourth-order valence-electron chi connectivity index (χ4n) is 3.30. The third-order valence-corrected chi connectivity index (χ3v) is 5.94. The monoisotopic (exact) mass is 353 g/mol. The Labute approximate surface area is 151 Å². The van der Waals surface area contributed by atoms with Crippen LogP contribution in [-0.4, -0.2) is 21.5 Å². The summed E-state index contributed by atoms with van der Waals surface area (Å²) >= 11 is 1.85. The second kappa shape index (κ2) is 7.06. The normalized spacial score (nSPS) is 15.1. The number of rotatable bonds is 5. The molecule has 5 nitrogen and oxygen atoms in total. The van der Waals surface area contributed by atoms with Gasteiger partial charge in [-0.25, -0.2) is 15.0 Å². The van der Waals surface area contributed by atoms with Crippen molar-refractivity contribution in [1.82, 2.24) is 15.0 Å². The van der Waals surface area contributed by atoms with Crippen molar-refractivity contribution in [3.8, 4) is 0 Å². The molecule has 4 rings (SSSR count). The standard InChI is InChI=1S/C19H23N5S/c1-12(19-23-15-8-4-5-9-16(15)25-19)21-18-13-6-2-3-7-14(13)22-17(24-18)10-11-20/h2-3,6-7,12H,4-5,8-11,20H2,1H3,(H,21,22,24). The Morgan fingerprint density at radius 2 is 2.00 bits per heavy atom. The average molecular weight is 353 g/mol. The summed E-state index contributed by atoms with van der Waals surface area (Å²) in [5.74, 6) is 1.66.